The van der Waals surface area contributed by atoms with Crippen molar-refractivity contribution in [2.75, 3.05) is 0 Å². The summed E-state index contributed by atoms with van der Waals surface area (Å²) in [5, 5.41) is 4.30. The molecule has 6 heteroatoms. The number of hydrogen-bond acceptors (Lipinski definition) is 4. The monoisotopic (exact) mass is 666 g/mol. The number of rotatable bonds is 6. The topological polar surface area (TPSA) is 7.76 Å². The number of nitrogens with zero attached hydrogens (tertiary/aromatic N) is 2. The van der Waals surface area contributed by atoms with E-state index in [4.69, 9.17) is 0 Å². The van der Waals surface area contributed by atoms with Crippen molar-refractivity contribution in [1.29, 1.82) is 0 Å². The Hall–Kier alpha value is -4.20. The van der Waals surface area contributed by atoms with E-state index >= 15 is 0 Å². The molecule has 7 aromatic rings. The molecule has 0 spiro atoms. The van der Waals surface area contributed by atoms with Crippen LogP contribution in [0.1, 0.15) is 32.1 Å². The van der Waals surface area contributed by atoms with Crippen LogP contribution in [0.25, 0.3) is 66.3 Å². The van der Waals surface area contributed by atoms with Gasteiger partial charge in [-0.15, -0.1) is 45.3 Å². The normalized spacial score (nSPS) is 13.6. The van der Waals surface area contributed by atoms with Crippen LogP contribution in [0.2, 0.25) is 0 Å². The summed E-state index contributed by atoms with van der Waals surface area (Å²) in [4.78, 5) is 7.87. The van der Waals surface area contributed by atoms with Crippen LogP contribution >= 0.6 is 45.3 Å². The number of pyridine rings is 2. The third-order valence-electron chi connectivity index (χ3n) is 8.92. The zero-order chi connectivity index (χ0) is 30.5. The second kappa shape index (κ2) is 11.9. The Labute approximate surface area is 285 Å². The highest BCUT2D eigenvalue weighted by Crippen LogP contribution is 2.40. The first-order chi connectivity index (χ1) is 22.8. The molecule has 0 atom stereocenters. The van der Waals surface area contributed by atoms with Crippen molar-refractivity contribution in [1.82, 2.24) is 0 Å². The van der Waals surface area contributed by atoms with Gasteiger partial charge in [-0.05, 0) is 82.1 Å². The molecule has 0 aliphatic carbocycles. The molecule has 0 fully saturated rings. The molecule has 2 aliphatic heterocycles. The molecule has 0 bridgehead atoms. The highest BCUT2D eigenvalue weighted by atomic mass is 32.1. The van der Waals surface area contributed by atoms with Crippen LogP contribution in [0, 0.1) is 0 Å². The van der Waals surface area contributed by atoms with Gasteiger partial charge in [-0.25, -0.2) is 0 Å². The number of aryl methyl sites for hydroxylation is 3. The van der Waals surface area contributed by atoms with Crippen LogP contribution < -0.4 is 9.13 Å². The van der Waals surface area contributed by atoms with E-state index in [0.29, 0.717) is 0 Å². The molecule has 2 nitrogen and oxygen atoms in total. The second-order valence-electron chi connectivity index (χ2n) is 11.7. The number of hydrogen-bond donors (Lipinski definition) is 0. The molecule has 8 heterocycles. The summed E-state index contributed by atoms with van der Waals surface area (Å²) < 4.78 is 4.97. The predicted molar refractivity (Wildman–Crippen MR) is 198 cm³/mol. The SMILES string of the molecule is C(=Cc1ccc(-c2cccs2)s1)c1cc(C=Cc2ccc(-c3cccs3)s2)[n+]2c(c1)-c1c(ccc3c1-c1cccc[n+]1CC3)CC2. The van der Waals surface area contributed by atoms with Gasteiger partial charge in [-0.2, -0.15) is 9.13 Å². The van der Waals surface area contributed by atoms with Gasteiger partial charge in [0.1, 0.15) is 0 Å². The summed E-state index contributed by atoms with van der Waals surface area (Å²) in [6, 6.07) is 33.8. The number of aromatic nitrogens is 2. The van der Waals surface area contributed by atoms with Gasteiger partial charge in [0, 0.05) is 72.4 Å². The predicted octanol–water partition coefficient (Wildman–Crippen LogP) is 10.6. The van der Waals surface area contributed by atoms with Gasteiger partial charge >= 0.3 is 0 Å². The van der Waals surface area contributed by atoms with Gasteiger partial charge in [0.2, 0.25) is 17.1 Å². The maximum Gasteiger partial charge on any atom is 0.214 e. The van der Waals surface area contributed by atoms with Crippen molar-refractivity contribution in [2.24, 2.45) is 0 Å². The zero-order valence-electron chi connectivity index (χ0n) is 25.1. The van der Waals surface area contributed by atoms with Crippen LogP contribution in [0.15, 0.2) is 108 Å². The molecular formula is C40H30N2S4+2. The molecule has 9 rings (SSSR count). The minimum atomic E-state index is 0.972. The lowest BCUT2D eigenvalue weighted by Gasteiger charge is -2.23. The van der Waals surface area contributed by atoms with Gasteiger partial charge in [-0.3, -0.25) is 0 Å². The van der Waals surface area contributed by atoms with Crippen LogP contribution in [0.4, 0.5) is 0 Å². The quantitative estimate of drug-likeness (QED) is 0.156. The van der Waals surface area contributed by atoms with Crippen molar-refractivity contribution < 1.29 is 9.13 Å². The first-order valence-electron chi connectivity index (χ1n) is 15.6. The minimum Gasteiger partial charge on any atom is -0.198 e. The lowest BCUT2D eigenvalue weighted by Crippen LogP contribution is -2.44. The van der Waals surface area contributed by atoms with Gasteiger partial charge in [-0.1, -0.05) is 30.3 Å². The molecule has 46 heavy (non-hydrogen) atoms. The fourth-order valence-electron chi connectivity index (χ4n) is 6.75. The third-order valence-corrected chi connectivity index (χ3v) is 13.2. The Morgan fingerprint density at radius 1 is 0.543 bits per heavy atom. The van der Waals surface area contributed by atoms with Gasteiger partial charge in [0.25, 0.3) is 0 Å². The summed E-state index contributed by atoms with van der Waals surface area (Å²) in [5.74, 6) is 0. The van der Waals surface area contributed by atoms with Gasteiger partial charge in [0.05, 0.1) is 11.1 Å². The average molecular weight is 667 g/mol. The first-order valence-corrected chi connectivity index (χ1v) is 19.0. The fraction of sp³-hybridized carbons (Fsp3) is 0.100. The number of thiophene rings is 4. The Bertz CT molecular complexity index is 2260. The molecule has 1 aromatic carbocycles. The molecule has 222 valence electrons. The van der Waals surface area contributed by atoms with Crippen molar-refractivity contribution in [3.05, 3.63) is 140 Å². The van der Waals surface area contributed by atoms with E-state index in [1.54, 1.807) is 22.7 Å². The minimum absolute atomic E-state index is 0.972. The second-order valence-corrected chi connectivity index (χ2v) is 15.8. The highest BCUT2D eigenvalue weighted by Gasteiger charge is 2.34. The zero-order valence-corrected chi connectivity index (χ0v) is 28.3. The molecule has 0 N–H and O–H groups in total. The summed E-state index contributed by atoms with van der Waals surface area (Å²) in [6.45, 7) is 2.00. The molecule has 0 unspecified atom stereocenters. The Balaban J connectivity index is 1.17. The van der Waals surface area contributed by atoms with E-state index in [1.165, 1.54) is 74.2 Å². The summed E-state index contributed by atoms with van der Waals surface area (Å²) >= 11 is 7.32. The molecule has 2 aliphatic rings. The van der Waals surface area contributed by atoms with Crippen molar-refractivity contribution >= 4 is 69.7 Å². The van der Waals surface area contributed by atoms with Crippen LogP contribution in [-0.4, -0.2) is 0 Å². The van der Waals surface area contributed by atoms with Crippen LogP contribution in [0.5, 0.6) is 0 Å². The smallest absolute Gasteiger partial charge is 0.198 e. The van der Waals surface area contributed by atoms with Crippen LogP contribution in [-0.2, 0) is 25.9 Å². The molecular weight excluding hydrogens is 637 g/mol. The Kier molecular flexibility index (Phi) is 7.24. The molecule has 0 amide bonds. The fourth-order valence-corrected chi connectivity index (χ4v) is 10.2. The van der Waals surface area contributed by atoms with E-state index in [-0.39, 0.29) is 0 Å². The summed E-state index contributed by atoms with van der Waals surface area (Å²) in [7, 11) is 0. The molecule has 0 radical (unpaired) electrons. The summed E-state index contributed by atoms with van der Waals surface area (Å²) in [5.41, 5.74) is 10.8. The first kappa shape index (κ1) is 28.1. The molecule has 6 aromatic heterocycles. The van der Waals surface area contributed by atoms with Crippen molar-refractivity contribution in [3.63, 3.8) is 0 Å². The number of benzene rings is 1. The van der Waals surface area contributed by atoms with E-state index in [1.807, 2.05) is 22.7 Å². The van der Waals surface area contributed by atoms with Crippen LogP contribution in [0.3, 0.4) is 0 Å². The Morgan fingerprint density at radius 3 is 1.91 bits per heavy atom. The molecule has 0 saturated carbocycles. The van der Waals surface area contributed by atoms with E-state index in [9.17, 15) is 0 Å². The van der Waals surface area contributed by atoms with Crippen molar-refractivity contribution in [3.8, 4) is 42.0 Å². The summed E-state index contributed by atoms with van der Waals surface area (Å²) in [6.07, 6.45) is 13.5. The lowest BCUT2D eigenvalue weighted by molar-refractivity contribution is -0.690. The van der Waals surface area contributed by atoms with E-state index < -0.39 is 0 Å². The average Bonchev–Trinajstić information content (AvgIpc) is 3.93. The maximum absolute atomic E-state index is 2.55. The largest absolute Gasteiger partial charge is 0.214 e. The Morgan fingerprint density at radius 2 is 1.22 bits per heavy atom. The lowest BCUT2D eigenvalue weighted by atomic mass is 9.84. The highest BCUT2D eigenvalue weighted by molar-refractivity contribution is 7.22. The van der Waals surface area contributed by atoms with E-state index in [0.717, 1.165) is 25.9 Å². The van der Waals surface area contributed by atoms with Crippen molar-refractivity contribution in [2.45, 2.75) is 25.9 Å². The maximum atomic E-state index is 2.55. The third kappa shape index (κ3) is 5.16. The van der Waals surface area contributed by atoms with Gasteiger partial charge < -0.3 is 0 Å². The number of fused-ring (bicyclic) bond motifs is 7. The standard InChI is InChI=1S/C40H30N2S4/c1-2-20-41-21-18-28-9-10-29-19-22-42-30(11-13-32-15-17-38(46-32)36-7-4-24-44-36)25-27(26-34(42)40(29)39(28)33(41)5-1)8-12-31-14-16-37(45-31)35-6-3-23-43-35/h1-17,20,23-26H,18-19,21-22H2/q+2. The van der Waals surface area contributed by atoms with E-state index in [2.05, 4.69) is 141 Å². The molecule has 0 saturated heterocycles. The van der Waals surface area contributed by atoms with Gasteiger partial charge in [0.15, 0.2) is 19.3 Å².